The van der Waals surface area contributed by atoms with Gasteiger partial charge >= 0.3 is 0 Å². The third-order valence-corrected chi connectivity index (χ3v) is 5.07. The summed E-state index contributed by atoms with van der Waals surface area (Å²) in [4.78, 5) is 33.7. The number of carbonyl (C=O) groups excluding carboxylic acids is 2. The van der Waals surface area contributed by atoms with Gasteiger partial charge in [0.1, 0.15) is 11.5 Å². The van der Waals surface area contributed by atoms with Gasteiger partial charge in [-0.05, 0) is 59.3 Å². The molecule has 4 aromatic rings. The van der Waals surface area contributed by atoms with Crippen LogP contribution in [0.4, 0.5) is 0 Å². The van der Waals surface area contributed by atoms with Crippen molar-refractivity contribution in [1.82, 2.24) is 15.8 Å². The highest BCUT2D eigenvalue weighted by Gasteiger charge is 2.13. The molecule has 0 radical (unpaired) electrons. The zero-order chi connectivity index (χ0) is 23.2. The van der Waals surface area contributed by atoms with E-state index in [4.69, 9.17) is 14.3 Å². The van der Waals surface area contributed by atoms with Crippen molar-refractivity contribution in [1.29, 1.82) is 0 Å². The lowest BCUT2D eigenvalue weighted by atomic mass is 10.0. The molecule has 168 valence electrons. The summed E-state index contributed by atoms with van der Waals surface area (Å²) in [5.41, 5.74) is 4.00. The van der Waals surface area contributed by atoms with E-state index >= 15 is 0 Å². The molecule has 3 aromatic carbocycles. The molecule has 0 fully saturated rings. The van der Waals surface area contributed by atoms with Gasteiger partial charge in [0, 0.05) is 36.4 Å². The number of benzene rings is 3. The molecule has 2 amide bonds. The topological polar surface area (TPSA) is 98.8 Å². The van der Waals surface area contributed by atoms with Crippen LogP contribution in [0, 0.1) is 0 Å². The number of hydroxylamine groups is 1. The van der Waals surface area contributed by atoms with E-state index in [9.17, 15) is 9.59 Å². The second-order valence-corrected chi connectivity index (χ2v) is 7.22. The maximum absolute atomic E-state index is 12.5. The number of hydrogen-bond donors (Lipinski definition) is 2. The van der Waals surface area contributed by atoms with Crippen LogP contribution in [0.5, 0.6) is 11.5 Å². The van der Waals surface area contributed by atoms with Gasteiger partial charge in [-0.25, -0.2) is 5.48 Å². The molecule has 8 nitrogen and oxygen atoms in total. The molecular formula is C25H23N3O5. The lowest BCUT2D eigenvalue weighted by molar-refractivity contribution is 0.0537. The van der Waals surface area contributed by atoms with Crippen molar-refractivity contribution in [3.05, 3.63) is 78.0 Å². The summed E-state index contributed by atoms with van der Waals surface area (Å²) >= 11 is 0. The molecular weight excluding hydrogens is 422 g/mol. The van der Waals surface area contributed by atoms with Crippen molar-refractivity contribution in [2.75, 3.05) is 27.4 Å². The predicted molar refractivity (Wildman–Crippen MR) is 124 cm³/mol. The average Bonchev–Trinajstić information content (AvgIpc) is 2.83. The number of fused-ring (bicyclic) bond motifs is 2. The first kappa shape index (κ1) is 22.2. The second-order valence-electron chi connectivity index (χ2n) is 7.22. The number of hydrogen-bond acceptors (Lipinski definition) is 6. The number of rotatable bonds is 8. The van der Waals surface area contributed by atoms with Crippen LogP contribution in [0.1, 0.15) is 20.7 Å². The number of nitrogens with zero attached hydrogens (tertiary/aromatic N) is 1. The maximum atomic E-state index is 12.5. The van der Waals surface area contributed by atoms with Gasteiger partial charge in [0.2, 0.25) is 0 Å². The highest BCUT2D eigenvalue weighted by Crippen LogP contribution is 2.32. The fourth-order valence-electron chi connectivity index (χ4n) is 3.51. The number of carbonyl (C=O) groups is 2. The van der Waals surface area contributed by atoms with Crippen LogP contribution in [-0.2, 0) is 9.57 Å². The van der Waals surface area contributed by atoms with Crippen molar-refractivity contribution in [2.24, 2.45) is 0 Å². The van der Waals surface area contributed by atoms with E-state index in [2.05, 4.69) is 15.8 Å². The van der Waals surface area contributed by atoms with Crippen molar-refractivity contribution < 1.29 is 23.9 Å². The molecule has 0 saturated heterocycles. The molecule has 0 aliphatic carbocycles. The summed E-state index contributed by atoms with van der Waals surface area (Å²) < 4.78 is 11.1. The lowest BCUT2D eigenvalue weighted by Crippen LogP contribution is -2.27. The van der Waals surface area contributed by atoms with Gasteiger partial charge in [0.15, 0.2) is 0 Å². The number of aromatic nitrogens is 1. The zero-order valence-corrected chi connectivity index (χ0v) is 18.3. The number of methoxy groups -OCH3 is 1. The Morgan fingerprint density at radius 2 is 1.82 bits per heavy atom. The van der Waals surface area contributed by atoms with E-state index < -0.39 is 0 Å². The maximum Gasteiger partial charge on any atom is 0.274 e. The standard InChI is InChI=1S/C25H23N3O5/c1-31-13-12-27-25(30)20-5-3-4-16-14-18(7-8-19(16)20)33-23-10-11-26-22-9-6-17(15-21(22)23)24(29)28-32-2/h3-11,14-15H,12-13H2,1-2H3,(H,27,30)(H,28,29). The number of pyridine rings is 1. The van der Waals surface area contributed by atoms with Gasteiger partial charge in [0.05, 0.1) is 19.2 Å². The minimum absolute atomic E-state index is 0.159. The predicted octanol–water partition coefficient (Wildman–Crippen LogP) is 3.85. The average molecular weight is 445 g/mol. The number of ether oxygens (including phenoxy) is 2. The molecule has 8 heteroatoms. The second kappa shape index (κ2) is 10.1. The highest BCUT2D eigenvalue weighted by molar-refractivity contribution is 6.07. The molecule has 0 spiro atoms. The van der Waals surface area contributed by atoms with Gasteiger partial charge in [0.25, 0.3) is 11.8 Å². The minimum Gasteiger partial charge on any atom is -0.457 e. The van der Waals surface area contributed by atoms with Gasteiger partial charge in [-0.15, -0.1) is 0 Å². The summed E-state index contributed by atoms with van der Waals surface area (Å²) in [6, 6.07) is 17.9. The number of nitrogens with one attached hydrogen (secondary N) is 2. The van der Waals surface area contributed by atoms with Crippen LogP contribution in [0.15, 0.2) is 66.9 Å². The normalized spacial score (nSPS) is 10.8. The van der Waals surface area contributed by atoms with Crippen LogP contribution < -0.4 is 15.5 Å². The van der Waals surface area contributed by atoms with Gasteiger partial charge in [-0.1, -0.05) is 12.1 Å². The molecule has 0 unspecified atom stereocenters. The molecule has 1 aromatic heterocycles. The fraction of sp³-hybridized carbons (Fsp3) is 0.160. The van der Waals surface area contributed by atoms with Crippen molar-refractivity contribution in [2.45, 2.75) is 0 Å². The van der Waals surface area contributed by atoms with Gasteiger partial charge in [-0.3, -0.25) is 19.4 Å². The highest BCUT2D eigenvalue weighted by atomic mass is 16.6. The van der Waals surface area contributed by atoms with Crippen molar-refractivity contribution in [3.8, 4) is 11.5 Å². The van der Waals surface area contributed by atoms with Gasteiger partial charge < -0.3 is 14.8 Å². The first-order valence-electron chi connectivity index (χ1n) is 10.3. The quantitative estimate of drug-likeness (QED) is 0.316. The molecule has 0 aliphatic heterocycles. The largest absolute Gasteiger partial charge is 0.457 e. The lowest BCUT2D eigenvalue weighted by Gasteiger charge is -2.12. The molecule has 33 heavy (non-hydrogen) atoms. The molecule has 0 aliphatic rings. The first-order chi connectivity index (χ1) is 16.1. The van der Waals surface area contributed by atoms with Crippen LogP contribution in [-0.4, -0.2) is 44.2 Å². The van der Waals surface area contributed by atoms with E-state index in [1.807, 2.05) is 30.3 Å². The smallest absolute Gasteiger partial charge is 0.274 e. The van der Waals surface area contributed by atoms with E-state index in [0.29, 0.717) is 46.7 Å². The van der Waals surface area contributed by atoms with Crippen molar-refractivity contribution >= 4 is 33.5 Å². The molecule has 1 heterocycles. The molecule has 4 rings (SSSR count). The summed E-state index contributed by atoms with van der Waals surface area (Å²) in [5, 5.41) is 5.22. The Balaban J connectivity index is 1.64. The van der Waals surface area contributed by atoms with E-state index in [1.54, 1.807) is 43.6 Å². The number of amides is 2. The molecule has 0 bridgehead atoms. The molecule has 0 atom stereocenters. The summed E-state index contributed by atoms with van der Waals surface area (Å²) in [6.07, 6.45) is 1.65. The molecule has 0 saturated carbocycles. The Labute approximate surface area is 190 Å². The SMILES string of the molecule is COCCNC(=O)c1cccc2cc(Oc3ccnc4ccc(C(=O)NOC)cc34)ccc12. The Hall–Kier alpha value is -4.01. The van der Waals surface area contributed by atoms with Crippen molar-refractivity contribution in [3.63, 3.8) is 0 Å². The van der Waals surface area contributed by atoms with E-state index in [0.717, 1.165) is 10.8 Å². The van der Waals surface area contributed by atoms with E-state index in [-0.39, 0.29) is 11.8 Å². The van der Waals surface area contributed by atoms with Crippen LogP contribution in [0.3, 0.4) is 0 Å². The van der Waals surface area contributed by atoms with Crippen LogP contribution in [0.2, 0.25) is 0 Å². The summed E-state index contributed by atoms with van der Waals surface area (Å²) in [5.74, 6) is 0.628. The Bertz CT molecular complexity index is 1320. The summed E-state index contributed by atoms with van der Waals surface area (Å²) in [7, 11) is 2.97. The monoisotopic (exact) mass is 445 g/mol. The Morgan fingerprint density at radius 1 is 0.939 bits per heavy atom. The minimum atomic E-state index is -0.365. The summed E-state index contributed by atoms with van der Waals surface area (Å²) in [6.45, 7) is 0.885. The third-order valence-electron chi connectivity index (χ3n) is 5.07. The third kappa shape index (κ3) is 4.92. The van der Waals surface area contributed by atoms with Crippen LogP contribution >= 0.6 is 0 Å². The van der Waals surface area contributed by atoms with E-state index in [1.165, 1.54) is 7.11 Å². The molecule has 2 N–H and O–H groups in total. The Morgan fingerprint density at radius 3 is 2.64 bits per heavy atom. The fourth-order valence-corrected chi connectivity index (χ4v) is 3.51. The van der Waals surface area contributed by atoms with Crippen LogP contribution in [0.25, 0.3) is 21.7 Å². The van der Waals surface area contributed by atoms with Gasteiger partial charge in [-0.2, -0.15) is 0 Å². The zero-order valence-electron chi connectivity index (χ0n) is 18.3. The first-order valence-corrected chi connectivity index (χ1v) is 10.3. The Kier molecular flexibility index (Phi) is 6.77.